The molecule has 0 fully saturated rings. The van der Waals surface area contributed by atoms with E-state index in [1.54, 1.807) is 29.5 Å². The lowest BCUT2D eigenvalue weighted by molar-refractivity contribution is -0.385. The maximum Gasteiger partial charge on any atom is 0.273 e. The van der Waals surface area contributed by atoms with Crippen LogP contribution in [-0.2, 0) is 24.1 Å². The summed E-state index contributed by atoms with van der Waals surface area (Å²) in [5.74, 6) is -0.226. The number of carbonyl (C=O) groups excluding carboxylic acids is 1. The van der Waals surface area contributed by atoms with Crippen LogP contribution in [0.5, 0.6) is 0 Å². The lowest BCUT2D eigenvalue weighted by atomic mass is 9.89. The highest BCUT2D eigenvalue weighted by molar-refractivity contribution is 7.10. The molecule has 3 aromatic rings. The van der Waals surface area contributed by atoms with E-state index in [9.17, 15) is 14.9 Å². The number of rotatable bonds is 6. The van der Waals surface area contributed by atoms with E-state index in [1.165, 1.54) is 30.0 Å². The fourth-order valence-electron chi connectivity index (χ4n) is 3.93. The smallest absolute Gasteiger partial charge is 0.273 e. The highest BCUT2D eigenvalue weighted by Gasteiger charge is 2.22. The van der Waals surface area contributed by atoms with Crippen LogP contribution >= 0.6 is 11.3 Å². The average Bonchev–Trinajstić information content (AvgIpc) is 3.26. The lowest BCUT2D eigenvalue weighted by Gasteiger charge is -2.22. The maximum atomic E-state index is 12.8. The molecule has 1 N–H and O–H groups in total. The standard InChI is InChI=1S/C23H22N2O3S/c26-22(15-18-8-3-4-9-20(18)25(27)28)24-23(21-10-5-13-29-21)19-12-11-16-6-1-2-7-17(16)14-19/h3-5,8-14,23H,1-2,6-7,15H2,(H,24,26). The predicted molar refractivity (Wildman–Crippen MR) is 114 cm³/mol. The predicted octanol–water partition coefficient (Wildman–Crippen LogP) is 4.98. The first-order chi connectivity index (χ1) is 14.1. The Kier molecular flexibility index (Phi) is 5.71. The van der Waals surface area contributed by atoms with E-state index in [2.05, 4.69) is 23.5 Å². The summed E-state index contributed by atoms with van der Waals surface area (Å²) in [4.78, 5) is 24.7. The number of hydrogen-bond donors (Lipinski definition) is 1. The molecule has 0 radical (unpaired) electrons. The van der Waals surface area contributed by atoms with E-state index in [4.69, 9.17) is 0 Å². The Morgan fingerprint density at radius 3 is 2.62 bits per heavy atom. The van der Waals surface area contributed by atoms with Gasteiger partial charge in [0.25, 0.3) is 5.69 Å². The monoisotopic (exact) mass is 406 g/mol. The Hall–Kier alpha value is -2.99. The zero-order valence-electron chi connectivity index (χ0n) is 16.0. The largest absolute Gasteiger partial charge is 0.344 e. The molecule has 1 atom stereocenters. The number of carbonyl (C=O) groups is 1. The van der Waals surface area contributed by atoms with E-state index in [0.29, 0.717) is 5.56 Å². The van der Waals surface area contributed by atoms with Gasteiger partial charge in [-0.15, -0.1) is 11.3 Å². The molecule has 29 heavy (non-hydrogen) atoms. The number of amides is 1. The summed E-state index contributed by atoms with van der Waals surface area (Å²) in [6, 6.07) is 16.6. The number of fused-ring (bicyclic) bond motifs is 1. The molecule has 0 aliphatic heterocycles. The average molecular weight is 407 g/mol. The normalized spacial score (nSPS) is 14.1. The molecular formula is C23H22N2O3S. The Balaban J connectivity index is 1.59. The molecule has 0 spiro atoms. The van der Waals surface area contributed by atoms with Crippen LogP contribution in [0.2, 0.25) is 0 Å². The molecule has 2 aromatic carbocycles. The van der Waals surface area contributed by atoms with E-state index in [-0.39, 0.29) is 24.1 Å². The number of nitrogens with one attached hydrogen (secondary N) is 1. The van der Waals surface area contributed by atoms with Crippen LogP contribution in [0.3, 0.4) is 0 Å². The molecule has 0 saturated carbocycles. The second-order valence-electron chi connectivity index (χ2n) is 7.31. The second-order valence-corrected chi connectivity index (χ2v) is 8.29. The number of nitro benzene ring substituents is 1. The molecule has 1 aliphatic rings. The van der Waals surface area contributed by atoms with Crippen LogP contribution in [-0.4, -0.2) is 10.8 Å². The molecular weight excluding hydrogens is 384 g/mol. The summed E-state index contributed by atoms with van der Waals surface area (Å²) in [5.41, 5.74) is 4.22. The van der Waals surface area contributed by atoms with Crippen LogP contribution in [0.4, 0.5) is 5.69 Å². The first-order valence-electron chi connectivity index (χ1n) is 9.78. The first kappa shape index (κ1) is 19.3. The molecule has 0 saturated heterocycles. The zero-order valence-corrected chi connectivity index (χ0v) is 16.8. The summed E-state index contributed by atoms with van der Waals surface area (Å²) in [6.45, 7) is 0. The molecule has 148 valence electrons. The van der Waals surface area contributed by atoms with Crippen LogP contribution in [0.25, 0.3) is 0 Å². The van der Waals surface area contributed by atoms with Crippen LogP contribution in [0, 0.1) is 10.1 Å². The van der Waals surface area contributed by atoms with Crippen molar-refractivity contribution < 1.29 is 9.72 Å². The molecule has 6 heteroatoms. The van der Waals surface area contributed by atoms with Gasteiger partial charge >= 0.3 is 0 Å². The Morgan fingerprint density at radius 1 is 1.07 bits per heavy atom. The van der Waals surface area contributed by atoms with Gasteiger partial charge in [-0.25, -0.2) is 0 Å². The second kappa shape index (κ2) is 8.57. The van der Waals surface area contributed by atoms with Gasteiger partial charge in [-0.05, 0) is 53.8 Å². The topological polar surface area (TPSA) is 72.2 Å². The minimum absolute atomic E-state index is 0.0238. The third-order valence-corrected chi connectivity index (χ3v) is 6.32. The summed E-state index contributed by atoms with van der Waals surface area (Å²) in [5, 5.41) is 16.3. The van der Waals surface area contributed by atoms with Crippen molar-refractivity contribution in [2.75, 3.05) is 0 Å². The van der Waals surface area contributed by atoms with Gasteiger partial charge in [0.15, 0.2) is 0 Å². The van der Waals surface area contributed by atoms with Gasteiger partial charge in [0.2, 0.25) is 5.91 Å². The van der Waals surface area contributed by atoms with Crippen molar-refractivity contribution >= 4 is 22.9 Å². The number of aryl methyl sites for hydroxylation is 2. The number of hydrogen-bond acceptors (Lipinski definition) is 4. The molecule has 4 rings (SSSR count). The third-order valence-electron chi connectivity index (χ3n) is 5.38. The van der Waals surface area contributed by atoms with Crippen LogP contribution in [0.15, 0.2) is 60.0 Å². The van der Waals surface area contributed by atoms with Crippen molar-refractivity contribution in [3.05, 3.63) is 97.2 Å². The van der Waals surface area contributed by atoms with Gasteiger partial charge in [-0.3, -0.25) is 14.9 Å². The highest BCUT2D eigenvalue weighted by Crippen LogP contribution is 2.30. The van der Waals surface area contributed by atoms with Crippen molar-refractivity contribution in [3.63, 3.8) is 0 Å². The summed E-state index contributed by atoms with van der Waals surface area (Å²) in [6.07, 6.45) is 4.59. The summed E-state index contributed by atoms with van der Waals surface area (Å²) >= 11 is 1.60. The van der Waals surface area contributed by atoms with Gasteiger partial charge in [0.1, 0.15) is 0 Å². The minimum Gasteiger partial charge on any atom is -0.344 e. The molecule has 0 bridgehead atoms. The lowest BCUT2D eigenvalue weighted by Crippen LogP contribution is -2.30. The first-order valence-corrected chi connectivity index (χ1v) is 10.7. The highest BCUT2D eigenvalue weighted by atomic mass is 32.1. The van der Waals surface area contributed by atoms with Crippen molar-refractivity contribution in [1.82, 2.24) is 5.32 Å². The number of benzene rings is 2. The summed E-state index contributed by atoms with van der Waals surface area (Å²) < 4.78 is 0. The Morgan fingerprint density at radius 2 is 1.86 bits per heavy atom. The van der Waals surface area contributed by atoms with E-state index >= 15 is 0 Å². The molecule has 1 aromatic heterocycles. The summed E-state index contributed by atoms with van der Waals surface area (Å²) in [7, 11) is 0. The Bertz CT molecular complexity index is 1030. The number of nitrogens with zero attached hydrogens (tertiary/aromatic N) is 1. The Labute approximate surface area is 173 Å². The van der Waals surface area contributed by atoms with Gasteiger partial charge in [-0.2, -0.15) is 0 Å². The van der Waals surface area contributed by atoms with Crippen LogP contribution in [0.1, 0.15) is 46.0 Å². The van der Waals surface area contributed by atoms with Crippen molar-refractivity contribution in [3.8, 4) is 0 Å². The van der Waals surface area contributed by atoms with Crippen molar-refractivity contribution in [1.29, 1.82) is 0 Å². The molecule has 1 amide bonds. The fourth-order valence-corrected chi connectivity index (χ4v) is 4.73. The number of thiophene rings is 1. The molecule has 1 aliphatic carbocycles. The van der Waals surface area contributed by atoms with Gasteiger partial charge in [0.05, 0.1) is 17.4 Å². The van der Waals surface area contributed by atoms with Crippen molar-refractivity contribution in [2.45, 2.75) is 38.1 Å². The molecule has 1 heterocycles. The fraction of sp³-hybridized carbons (Fsp3) is 0.261. The SMILES string of the molecule is O=C(Cc1ccccc1[N+](=O)[O-])NC(c1ccc2c(c1)CCCC2)c1cccs1. The van der Waals surface area contributed by atoms with E-state index in [0.717, 1.165) is 23.3 Å². The van der Waals surface area contributed by atoms with Crippen LogP contribution < -0.4 is 5.32 Å². The number of nitro groups is 1. The third kappa shape index (κ3) is 4.38. The molecule has 1 unspecified atom stereocenters. The zero-order chi connectivity index (χ0) is 20.2. The van der Waals surface area contributed by atoms with Gasteiger partial charge in [0, 0.05) is 16.5 Å². The quantitative estimate of drug-likeness (QED) is 0.463. The number of para-hydroxylation sites is 1. The van der Waals surface area contributed by atoms with Crippen molar-refractivity contribution in [2.24, 2.45) is 0 Å². The van der Waals surface area contributed by atoms with E-state index in [1.807, 2.05) is 17.5 Å². The van der Waals surface area contributed by atoms with Gasteiger partial charge in [-0.1, -0.05) is 42.5 Å². The molecule has 5 nitrogen and oxygen atoms in total. The van der Waals surface area contributed by atoms with E-state index < -0.39 is 4.92 Å². The minimum atomic E-state index is -0.442. The van der Waals surface area contributed by atoms with Gasteiger partial charge < -0.3 is 5.32 Å². The maximum absolute atomic E-state index is 12.8.